The molecule has 0 bridgehead atoms. The molecule has 1 aliphatic rings. The molecule has 0 saturated carbocycles. The summed E-state index contributed by atoms with van der Waals surface area (Å²) in [6, 6.07) is 0. The van der Waals surface area contributed by atoms with Crippen molar-refractivity contribution in [3.8, 4) is 0 Å². The van der Waals surface area contributed by atoms with Crippen molar-refractivity contribution >= 4 is 7.85 Å². The number of aliphatic hydroxyl groups is 1. The third-order valence-electron chi connectivity index (χ3n) is 3.03. The van der Waals surface area contributed by atoms with Gasteiger partial charge in [0.25, 0.3) is 0 Å². The minimum Gasteiger partial charge on any atom is -0.391 e. The Hall–Kier alpha value is -0.0951. The summed E-state index contributed by atoms with van der Waals surface area (Å²) in [7, 11) is 1.98. The van der Waals surface area contributed by atoms with Crippen molar-refractivity contribution in [3.63, 3.8) is 0 Å². The highest BCUT2D eigenvalue weighted by Crippen LogP contribution is 2.29. The van der Waals surface area contributed by atoms with E-state index in [1.165, 1.54) is 0 Å². The van der Waals surface area contributed by atoms with Crippen LogP contribution in [0.1, 0.15) is 41.5 Å². The standard InChI is InChI=1S/C14H29BO4/c1-13(2,3)18-8-10-12(19-14(4,5)6)11(16)9(15)7-17-10/h9-12,16H,7-8,15H2,1-6H3/t9-,10-,11?,12?/m1/s1. The zero-order valence-electron chi connectivity index (χ0n) is 13.4. The maximum Gasteiger partial charge on any atom is 0.112 e. The van der Waals surface area contributed by atoms with Crippen LogP contribution in [0.4, 0.5) is 0 Å². The van der Waals surface area contributed by atoms with Gasteiger partial charge in [0.15, 0.2) is 0 Å². The second-order valence-electron chi connectivity index (χ2n) is 7.46. The molecule has 1 heterocycles. The maximum absolute atomic E-state index is 10.3. The molecule has 5 heteroatoms. The van der Waals surface area contributed by atoms with Crippen molar-refractivity contribution in [3.05, 3.63) is 0 Å². The molecule has 1 fully saturated rings. The van der Waals surface area contributed by atoms with Crippen LogP contribution in [0.3, 0.4) is 0 Å². The molecule has 4 nitrogen and oxygen atoms in total. The predicted octanol–water partition coefficient (Wildman–Crippen LogP) is 1.17. The summed E-state index contributed by atoms with van der Waals surface area (Å²) in [6.45, 7) is 13.0. The first-order valence-corrected chi connectivity index (χ1v) is 7.11. The molecular formula is C14H29BO4. The van der Waals surface area contributed by atoms with Crippen LogP contribution in [0.25, 0.3) is 0 Å². The highest BCUT2D eigenvalue weighted by molar-refractivity contribution is 6.12. The summed E-state index contributed by atoms with van der Waals surface area (Å²) in [5, 5.41) is 10.3. The van der Waals surface area contributed by atoms with Gasteiger partial charge in [-0.3, -0.25) is 0 Å². The molecule has 0 amide bonds. The molecule has 1 N–H and O–H groups in total. The Labute approximate surface area is 118 Å². The second kappa shape index (κ2) is 6.12. The minimum atomic E-state index is -0.512. The highest BCUT2D eigenvalue weighted by atomic mass is 16.6. The molecule has 112 valence electrons. The molecule has 0 aromatic carbocycles. The fourth-order valence-corrected chi connectivity index (χ4v) is 2.04. The van der Waals surface area contributed by atoms with Crippen LogP contribution in [0, 0.1) is 0 Å². The van der Waals surface area contributed by atoms with Gasteiger partial charge in [-0.25, -0.2) is 0 Å². The van der Waals surface area contributed by atoms with Crippen LogP contribution in [0.15, 0.2) is 0 Å². The Morgan fingerprint density at radius 2 is 1.74 bits per heavy atom. The van der Waals surface area contributed by atoms with E-state index < -0.39 is 6.10 Å². The van der Waals surface area contributed by atoms with E-state index in [0.717, 1.165) is 0 Å². The Kier molecular flexibility index (Phi) is 5.47. The van der Waals surface area contributed by atoms with Crippen LogP contribution in [0.5, 0.6) is 0 Å². The van der Waals surface area contributed by atoms with E-state index >= 15 is 0 Å². The highest BCUT2D eigenvalue weighted by Gasteiger charge is 2.40. The number of hydrogen-bond acceptors (Lipinski definition) is 4. The molecule has 1 saturated heterocycles. The Morgan fingerprint density at radius 3 is 2.21 bits per heavy atom. The van der Waals surface area contributed by atoms with Gasteiger partial charge >= 0.3 is 0 Å². The number of rotatable bonds is 3. The summed E-state index contributed by atoms with van der Waals surface area (Å²) in [6.07, 6.45) is -1.07. The van der Waals surface area contributed by atoms with Crippen molar-refractivity contribution in [2.45, 2.75) is 76.9 Å². The molecule has 0 radical (unpaired) electrons. The molecule has 0 aromatic heterocycles. The zero-order chi connectivity index (χ0) is 14.8. The van der Waals surface area contributed by atoms with Crippen molar-refractivity contribution in [2.24, 2.45) is 0 Å². The van der Waals surface area contributed by atoms with Crippen molar-refractivity contribution in [1.29, 1.82) is 0 Å². The van der Waals surface area contributed by atoms with E-state index in [1.807, 2.05) is 49.4 Å². The summed E-state index contributed by atoms with van der Waals surface area (Å²) >= 11 is 0. The SMILES string of the molecule is B[C@@H]1CO[C@H](COC(C)(C)C)C(OC(C)(C)C)C1O. The Balaban J connectivity index is 2.70. The van der Waals surface area contributed by atoms with Gasteiger partial charge in [0.05, 0.1) is 23.9 Å². The lowest BCUT2D eigenvalue weighted by Gasteiger charge is -2.42. The van der Waals surface area contributed by atoms with Crippen LogP contribution >= 0.6 is 0 Å². The number of aliphatic hydroxyl groups excluding tert-OH is 1. The third kappa shape index (κ3) is 5.82. The summed E-state index contributed by atoms with van der Waals surface area (Å²) in [4.78, 5) is 0. The van der Waals surface area contributed by atoms with Gasteiger partial charge in [-0.2, -0.15) is 0 Å². The molecule has 0 aliphatic carbocycles. The quantitative estimate of drug-likeness (QED) is 0.783. The lowest BCUT2D eigenvalue weighted by atomic mass is 9.78. The normalized spacial score (nSPS) is 33.4. The van der Waals surface area contributed by atoms with Gasteiger partial charge in [0.2, 0.25) is 0 Å². The van der Waals surface area contributed by atoms with E-state index in [-0.39, 0.29) is 29.2 Å². The molecular weight excluding hydrogens is 243 g/mol. The summed E-state index contributed by atoms with van der Waals surface area (Å²) < 4.78 is 17.6. The average Bonchev–Trinajstić information content (AvgIpc) is 2.21. The molecule has 0 aromatic rings. The molecule has 4 atom stereocenters. The van der Waals surface area contributed by atoms with Crippen molar-refractivity contribution in [1.82, 2.24) is 0 Å². The second-order valence-corrected chi connectivity index (χ2v) is 7.46. The van der Waals surface area contributed by atoms with Gasteiger partial charge in [-0.15, -0.1) is 0 Å². The largest absolute Gasteiger partial charge is 0.391 e. The maximum atomic E-state index is 10.3. The van der Waals surface area contributed by atoms with Gasteiger partial charge in [-0.1, -0.05) is 0 Å². The fraction of sp³-hybridized carbons (Fsp3) is 1.00. The van der Waals surface area contributed by atoms with Crippen LogP contribution < -0.4 is 0 Å². The van der Waals surface area contributed by atoms with Crippen molar-refractivity contribution in [2.75, 3.05) is 13.2 Å². The van der Waals surface area contributed by atoms with Gasteiger partial charge in [-0.05, 0) is 47.4 Å². The van der Waals surface area contributed by atoms with Crippen LogP contribution in [-0.4, -0.2) is 55.7 Å². The first-order chi connectivity index (χ1) is 8.49. The van der Waals surface area contributed by atoms with Gasteiger partial charge in [0.1, 0.15) is 20.1 Å². The smallest absolute Gasteiger partial charge is 0.112 e. The van der Waals surface area contributed by atoms with Crippen LogP contribution in [-0.2, 0) is 14.2 Å². The predicted molar refractivity (Wildman–Crippen MR) is 78.4 cm³/mol. The van der Waals surface area contributed by atoms with Gasteiger partial charge < -0.3 is 19.3 Å². The first-order valence-electron chi connectivity index (χ1n) is 7.11. The summed E-state index contributed by atoms with van der Waals surface area (Å²) in [5.74, 6) is 0.0817. The molecule has 19 heavy (non-hydrogen) atoms. The Morgan fingerprint density at radius 1 is 1.16 bits per heavy atom. The Bertz CT molecular complexity index is 282. The fourth-order valence-electron chi connectivity index (χ4n) is 2.04. The lowest BCUT2D eigenvalue weighted by molar-refractivity contribution is -0.214. The number of hydrogen-bond donors (Lipinski definition) is 1. The average molecular weight is 272 g/mol. The van der Waals surface area contributed by atoms with E-state index in [9.17, 15) is 5.11 Å². The monoisotopic (exact) mass is 272 g/mol. The van der Waals surface area contributed by atoms with Crippen LogP contribution in [0.2, 0.25) is 5.82 Å². The summed E-state index contributed by atoms with van der Waals surface area (Å²) in [5.41, 5.74) is -0.532. The molecule has 2 unspecified atom stereocenters. The topological polar surface area (TPSA) is 47.9 Å². The van der Waals surface area contributed by atoms with E-state index in [2.05, 4.69) is 0 Å². The van der Waals surface area contributed by atoms with E-state index in [4.69, 9.17) is 14.2 Å². The third-order valence-corrected chi connectivity index (χ3v) is 3.03. The zero-order valence-corrected chi connectivity index (χ0v) is 13.4. The van der Waals surface area contributed by atoms with E-state index in [1.54, 1.807) is 0 Å². The van der Waals surface area contributed by atoms with Gasteiger partial charge in [0, 0.05) is 6.61 Å². The van der Waals surface area contributed by atoms with Crippen molar-refractivity contribution < 1.29 is 19.3 Å². The number of ether oxygens (including phenoxy) is 3. The first kappa shape index (κ1) is 17.0. The minimum absolute atomic E-state index is 0.0817. The van der Waals surface area contributed by atoms with E-state index in [0.29, 0.717) is 13.2 Å². The molecule has 1 aliphatic heterocycles. The molecule has 1 rings (SSSR count). The molecule has 0 spiro atoms. The lowest BCUT2D eigenvalue weighted by Crippen LogP contribution is -2.54.